The third-order valence-electron chi connectivity index (χ3n) is 4.38. The maximum absolute atomic E-state index is 12.4. The van der Waals surface area contributed by atoms with Crippen molar-refractivity contribution >= 4 is 11.8 Å². The molecule has 2 fully saturated rings. The van der Waals surface area contributed by atoms with Crippen molar-refractivity contribution in [2.45, 2.75) is 52.0 Å². The Morgan fingerprint density at radius 2 is 1.94 bits per heavy atom. The summed E-state index contributed by atoms with van der Waals surface area (Å²) < 4.78 is 0. The Morgan fingerprint density at radius 3 is 2.61 bits per heavy atom. The van der Waals surface area contributed by atoms with Gasteiger partial charge in [-0.15, -0.1) is 0 Å². The molecule has 4 nitrogen and oxygen atoms in total. The Labute approximate surface area is 109 Å². The van der Waals surface area contributed by atoms with Crippen LogP contribution in [0, 0.1) is 5.92 Å². The minimum Gasteiger partial charge on any atom is -0.331 e. The highest BCUT2D eigenvalue weighted by molar-refractivity contribution is 5.95. The molecule has 0 aromatic heterocycles. The number of hydrogen-bond donors (Lipinski definition) is 0. The van der Waals surface area contributed by atoms with Crippen LogP contribution in [0.1, 0.15) is 46.0 Å². The SMILES string of the molecule is CCC(CC)CN1CC(=O)N2CCCCC2C1=O. The zero-order chi connectivity index (χ0) is 13.1. The number of carbonyl (C=O) groups is 2. The van der Waals surface area contributed by atoms with E-state index in [1.165, 1.54) is 0 Å². The molecule has 2 aliphatic rings. The van der Waals surface area contributed by atoms with Gasteiger partial charge in [-0.1, -0.05) is 26.7 Å². The largest absolute Gasteiger partial charge is 0.331 e. The lowest BCUT2D eigenvalue weighted by atomic mass is 9.96. The first-order valence-corrected chi connectivity index (χ1v) is 7.25. The molecule has 0 spiro atoms. The second-order valence-electron chi connectivity index (χ2n) is 5.50. The van der Waals surface area contributed by atoms with Crippen molar-refractivity contribution in [3.63, 3.8) is 0 Å². The van der Waals surface area contributed by atoms with Crippen molar-refractivity contribution < 1.29 is 9.59 Å². The number of amides is 2. The van der Waals surface area contributed by atoms with E-state index >= 15 is 0 Å². The molecule has 18 heavy (non-hydrogen) atoms. The summed E-state index contributed by atoms with van der Waals surface area (Å²) >= 11 is 0. The Kier molecular flexibility index (Phi) is 4.25. The van der Waals surface area contributed by atoms with Gasteiger partial charge in [-0.2, -0.15) is 0 Å². The van der Waals surface area contributed by atoms with E-state index in [0.717, 1.165) is 45.2 Å². The normalized spacial score (nSPS) is 24.7. The van der Waals surface area contributed by atoms with Gasteiger partial charge >= 0.3 is 0 Å². The Balaban J connectivity index is 2.05. The molecule has 0 N–H and O–H groups in total. The van der Waals surface area contributed by atoms with Crippen LogP contribution in [-0.4, -0.2) is 47.3 Å². The molecule has 0 bridgehead atoms. The van der Waals surface area contributed by atoms with Gasteiger partial charge in [0.1, 0.15) is 6.04 Å². The van der Waals surface area contributed by atoms with E-state index in [0.29, 0.717) is 12.5 Å². The third-order valence-corrected chi connectivity index (χ3v) is 4.38. The third kappa shape index (κ3) is 2.52. The molecule has 0 radical (unpaired) electrons. The lowest BCUT2D eigenvalue weighted by molar-refractivity contribution is -0.158. The molecule has 2 rings (SSSR count). The Hall–Kier alpha value is -1.06. The van der Waals surface area contributed by atoms with Crippen LogP contribution >= 0.6 is 0 Å². The Bertz CT molecular complexity index is 326. The number of piperazine rings is 1. The first kappa shape index (κ1) is 13.4. The maximum Gasteiger partial charge on any atom is 0.245 e. The fraction of sp³-hybridized carbons (Fsp3) is 0.857. The molecule has 2 heterocycles. The molecule has 2 amide bonds. The van der Waals surface area contributed by atoms with Crippen LogP contribution in [0.15, 0.2) is 0 Å². The molecule has 2 saturated heterocycles. The van der Waals surface area contributed by atoms with E-state index < -0.39 is 0 Å². The van der Waals surface area contributed by atoms with Gasteiger partial charge in [0.25, 0.3) is 0 Å². The number of piperidine rings is 1. The first-order valence-electron chi connectivity index (χ1n) is 7.25. The number of nitrogens with zero attached hydrogens (tertiary/aromatic N) is 2. The van der Waals surface area contributed by atoms with Crippen molar-refractivity contribution in [3.05, 3.63) is 0 Å². The smallest absolute Gasteiger partial charge is 0.245 e. The number of fused-ring (bicyclic) bond motifs is 1. The number of carbonyl (C=O) groups excluding carboxylic acids is 2. The van der Waals surface area contributed by atoms with Gasteiger partial charge in [0, 0.05) is 13.1 Å². The molecule has 1 unspecified atom stereocenters. The lowest BCUT2D eigenvalue weighted by Gasteiger charge is -2.43. The van der Waals surface area contributed by atoms with Crippen LogP contribution in [0.2, 0.25) is 0 Å². The fourth-order valence-corrected chi connectivity index (χ4v) is 3.04. The molecule has 0 aliphatic carbocycles. The second-order valence-corrected chi connectivity index (χ2v) is 5.50. The van der Waals surface area contributed by atoms with Crippen molar-refractivity contribution in [1.82, 2.24) is 9.80 Å². The van der Waals surface area contributed by atoms with E-state index in [1.54, 1.807) is 9.80 Å². The van der Waals surface area contributed by atoms with Crippen molar-refractivity contribution in [3.8, 4) is 0 Å². The topological polar surface area (TPSA) is 40.6 Å². The maximum atomic E-state index is 12.4. The van der Waals surface area contributed by atoms with E-state index in [4.69, 9.17) is 0 Å². The highest BCUT2D eigenvalue weighted by atomic mass is 16.2. The highest BCUT2D eigenvalue weighted by Crippen LogP contribution is 2.24. The summed E-state index contributed by atoms with van der Waals surface area (Å²) in [4.78, 5) is 28.1. The average Bonchev–Trinajstić information content (AvgIpc) is 2.41. The van der Waals surface area contributed by atoms with E-state index in [2.05, 4.69) is 13.8 Å². The quantitative estimate of drug-likeness (QED) is 0.763. The van der Waals surface area contributed by atoms with Gasteiger partial charge in [0.05, 0.1) is 6.54 Å². The summed E-state index contributed by atoms with van der Waals surface area (Å²) in [6, 6.07) is -0.158. The molecule has 102 valence electrons. The van der Waals surface area contributed by atoms with Crippen LogP contribution in [0.25, 0.3) is 0 Å². The Morgan fingerprint density at radius 1 is 1.22 bits per heavy atom. The van der Waals surface area contributed by atoms with Crippen molar-refractivity contribution in [2.24, 2.45) is 5.92 Å². The molecule has 1 atom stereocenters. The minimum absolute atomic E-state index is 0.144. The van der Waals surface area contributed by atoms with E-state index in [-0.39, 0.29) is 17.9 Å². The highest BCUT2D eigenvalue weighted by Gasteiger charge is 2.40. The van der Waals surface area contributed by atoms with Crippen molar-refractivity contribution in [2.75, 3.05) is 19.6 Å². The molecule has 2 aliphatic heterocycles. The van der Waals surface area contributed by atoms with Gasteiger partial charge in [-0.05, 0) is 25.2 Å². The molecular formula is C14H24N2O2. The van der Waals surface area contributed by atoms with Crippen LogP contribution < -0.4 is 0 Å². The molecule has 0 aromatic rings. The van der Waals surface area contributed by atoms with Crippen LogP contribution in [0.4, 0.5) is 0 Å². The first-order chi connectivity index (χ1) is 8.67. The number of rotatable bonds is 4. The predicted molar refractivity (Wildman–Crippen MR) is 70.0 cm³/mol. The van der Waals surface area contributed by atoms with E-state index in [9.17, 15) is 9.59 Å². The zero-order valence-corrected chi connectivity index (χ0v) is 11.5. The van der Waals surface area contributed by atoms with Crippen LogP contribution in [0.5, 0.6) is 0 Å². The summed E-state index contributed by atoms with van der Waals surface area (Å²) in [7, 11) is 0. The van der Waals surface area contributed by atoms with Gasteiger partial charge in [-0.3, -0.25) is 9.59 Å². The fourth-order valence-electron chi connectivity index (χ4n) is 3.04. The van der Waals surface area contributed by atoms with Crippen LogP contribution in [0.3, 0.4) is 0 Å². The summed E-state index contributed by atoms with van der Waals surface area (Å²) in [5.74, 6) is 0.850. The van der Waals surface area contributed by atoms with Gasteiger partial charge in [0.15, 0.2) is 0 Å². The zero-order valence-electron chi connectivity index (χ0n) is 11.5. The lowest BCUT2D eigenvalue weighted by Crippen LogP contribution is -2.61. The molecule has 0 aromatic carbocycles. The van der Waals surface area contributed by atoms with Crippen LogP contribution in [-0.2, 0) is 9.59 Å². The standard InChI is InChI=1S/C14H24N2O2/c1-3-11(4-2)9-15-10-13(17)16-8-6-5-7-12(16)14(15)18/h11-12H,3-10H2,1-2H3. The molecular weight excluding hydrogens is 228 g/mol. The summed E-state index contributed by atoms with van der Waals surface area (Å²) in [5.41, 5.74) is 0. The summed E-state index contributed by atoms with van der Waals surface area (Å²) in [6.07, 6.45) is 5.11. The van der Waals surface area contributed by atoms with Gasteiger partial charge in [-0.25, -0.2) is 0 Å². The summed E-state index contributed by atoms with van der Waals surface area (Å²) in [5, 5.41) is 0. The minimum atomic E-state index is -0.158. The molecule has 0 saturated carbocycles. The van der Waals surface area contributed by atoms with E-state index in [1.807, 2.05) is 0 Å². The van der Waals surface area contributed by atoms with Crippen molar-refractivity contribution in [1.29, 1.82) is 0 Å². The van der Waals surface area contributed by atoms with Gasteiger partial charge < -0.3 is 9.80 Å². The van der Waals surface area contributed by atoms with Gasteiger partial charge in [0.2, 0.25) is 11.8 Å². The number of hydrogen-bond acceptors (Lipinski definition) is 2. The second kappa shape index (κ2) is 5.72. The predicted octanol–water partition coefficient (Wildman–Crippen LogP) is 1.65. The molecule has 4 heteroatoms. The monoisotopic (exact) mass is 252 g/mol. The summed E-state index contributed by atoms with van der Waals surface area (Å²) in [6.45, 7) is 6.12. The average molecular weight is 252 g/mol.